The first-order valence-corrected chi connectivity index (χ1v) is 8.82. The number of pyridine rings is 1. The van der Waals surface area contributed by atoms with E-state index in [9.17, 15) is 4.79 Å². The molecule has 0 bridgehead atoms. The van der Waals surface area contributed by atoms with Crippen molar-refractivity contribution in [3.63, 3.8) is 0 Å². The third kappa shape index (κ3) is 3.29. The molecule has 0 aliphatic carbocycles. The minimum atomic E-state index is -0.470. The first-order chi connectivity index (χ1) is 12.0. The summed E-state index contributed by atoms with van der Waals surface area (Å²) in [5.41, 5.74) is 4.65. The van der Waals surface area contributed by atoms with Crippen molar-refractivity contribution in [3.05, 3.63) is 70.1 Å². The normalized spacial score (nSPS) is 20.2. The summed E-state index contributed by atoms with van der Waals surface area (Å²) in [6.45, 7) is 3.86. The molecule has 0 saturated heterocycles. The molecule has 1 aliphatic heterocycles. The first-order valence-electron chi connectivity index (χ1n) is 8.03. The van der Waals surface area contributed by atoms with Crippen molar-refractivity contribution in [3.8, 4) is 0 Å². The van der Waals surface area contributed by atoms with Crippen LogP contribution in [0.1, 0.15) is 30.9 Å². The highest BCUT2D eigenvalue weighted by Gasteiger charge is 2.40. The number of aliphatic imine (C=N–C) groups is 1. The van der Waals surface area contributed by atoms with Crippen LogP contribution in [0.3, 0.4) is 0 Å². The van der Waals surface area contributed by atoms with Crippen LogP contribution in [0.4, 0.5) is 0 Å². The summed E-state index contributed by atoms with van der Waals surface area (Å²) in [7, 11) is 1.42. The molecule has 1 aromatic carbocycles. The Morgan fingerprint density at radius 3 is 2.56 bits per heavy atom. The lowest BCUT2D eigenvalue weighted by Gasteiger charge is -2.33. The van der Waals surface area contributed by atoms with Gasteiger partial charge in [-0.3, -0.25) is 14.8 Å². The number of rotatable bonds is 3. The molecular weight excluding hydrogens is 380 g/mol. The maximum Gasteiger partial charge on any atom is 0.315 e. The largest absolute Gasteiger partial charge is 0.468 e. The Morgan fingerprint density at radius 2 is 1.92 bits per heavy atom. The Bertz CT molecular complexity index is 859. The number of hydrogen-bond acceptors (Lipinski definition) is 4. The predicted molar refractivity (Wildman–Crippen MR) is 102 cm³/mol. The highest BCUT2D eigenvalue weighted by Crippen LogP contribution is 2.46. The Hall–Kier alpha value is -2.27. The summed E-state index contributed by atoms with van der Waals surface area (Å²) in [5, 5.41) is 0. The number of allylic oxidation sites excluding steroid dienone is 2. The van der Waals surface area contributed by atoms with E-state index in [0.717, 1.165) is 32.6 Å². The van der Waals surface area contributed by atoms with Gasteiger partial charge in [-0.05, 0) is 42.7 Å². The van der Waals surface area contributed by atoms with Gasteiger partial charge in [0.2, 0.25) is 0 Å². The molecule has 5 heteroatoms. The lowest BCUT2D eigenvalue weighted by Crippen LogP contribution is -2.33. The zero-order valence-electron chi connectivity index (χ0n) is 14.4. The molecule has 2 atom stereocenters. The van der Waals surface area contributed by atoms with Gasteiger partial charge >= 0.3 is 5.97 Å². The van der Waals surface area contributed by atoms with Gasteiger partial charge in [-0.2, -0.15) is 0 Å². The van der Waals surface area contributed by atoms with E-state index in [2.05, 4.69) is 25.9 Å². The van der Waals surface area contributed by atoms with Crippen molar-refractivity contribution >= 4 is 33.2 Å². The summed E-state index contributed by atoms with van der Waals surface area (Å²) in [6, 6.07) is 11.9. The van der Waals surface area contributed by atoms with Crippen molar-refractivity contribution in [1.29, 1.82) is 0 Å². The minimum Gasteiger partial charge on any atom is -0.468 e. The number of carbonyl (C=O) groups is 1. The van der Waals surface area contributed by atoms with Crippen LogP contribution in [0.25, 0.3) is 5.57 Å². The molecule has 1 aliphatic rings. The van der Waals surface area contributed by atoms with Crippen LogP contribution in [-0.2, 0) is 9.53 Å². The molecule has 1 aromatic heterocycles. The Kier molecular flexibility index (Phi) is 5.13. The van der Waals surface area contributed by atoms with Crippen molar-refractivity contribution in [2.24, 2.45) is 10.9 Å². The van der Waals surface area contributed by atoms with Gasteiger partial charge in [0.15, 0.2) is 0 Å². The van der Waals surface area contributed by atoms with Gasteiger partial charge in [0, 0.05) is 34.2 Å². The molecule has 0 N–H and O–H groups in total. The third-order valence-corrected chi connectivity index (χ3v) is 5.22. The monoisotopic (exact) mass is 398 g/mol. The van der Waals surface area contributed by atoms with Gasteiger partial charge in [-0.15, -0.1) is 0 Å². The molecule has 3 rings (SSSR count). The van der Waals surface area contributed by atoms with Crippen molar-refractivity contribution in [2.45, 2.75) is 19.8 Å². The lowest BCUT2D eigenvalue weighted by atomic mass is 9.74. The van der Waals surface area contributed by atoms with Gasteiger partial charge in [0.25, 0.3) is 0 Å². The summed E-state index contributed by atoms with van der Waals surface area (Å²) >= 11 is 3.64. The van der Waals surface area contributed by atoms with E-state index in [-0.39, 0.29) is 11.9 Å². The standard InChI is InChI=1S/C20H19BrN2O2/c1-12-17(14-7-6-10-22-11-14)19(15-8-4-5-9-16(15)21)18(13(2)23-12)20(24)25-3/h4-11,18-19H,1-3H3. The molecule has 25 heavy (non-hydrogen) atoms. The van der Waals surface area contributed by atoms with Crippen LogP contribution in [0.15, 0.2) is 64.0 Å². The van der Waals surface area contributed by atoms with Crippen LogP contribution in [0.2, 0.25) is 0 Å². The number of esters is 1. The summed E-state index contributed by atoms with van der Waals surface area (Å²) in [4.78, 5) is 21.5. The van der Waals surface area contributed by atoms with Gasteiger partial charge in [0.1, 0.15) is 5.92 Å². The van der Waals surface area contributed by atoms with Crippen LogP contribution in [-0.4, -0.2) is 23.8 Å². The number of carbonyl (C=O) groups excluding carboxylic acids is 1. The highest BCUT2D eigenvalue weighted by molar-refractivity contribution is 9.10. The van der Waals surface area contributed by atoms with Crippen LogP contribution >= 0.6 is 15.9 Å². The molecule has 2 aromatic rings. The third-order valence-electron chi connectivity index (χ3n) is 4.50. The van der Waals surface area contributed by atoms with E-state index in [4.69, 9.17) is 4.74 Å². The van der Waals surface area contributed by atoms with Gasteiger partial charge < -0.3 is 4.74 Å². The predicted octanol–water partition coefficient (Wildman–Crippen LogP) is 4.62. The van der Waals surface area contributed by atoms with E-state index < -0.39 is 5.92 Å². The Balaban J connectivity index is 2.27. The molecule has 0 fully saturated rings. The number of halogens is 1. The molecule has 2 unspecified atom stereocenters. The molecule has 0 saturated carbocycles. The number of methoxy groups -OCH3 is 1. The fraction of sp³-hybridized carbons (Fsp3) is 0.250. The van der Waals surface area contributed by atoms with Crippen LogP contribution in [0, 0.1) is 5.92 Å². The summed E-state index contributed by atoms with van der Waals surface area (Å²) in [6.07, 6.45) is 3.55. The molecule has 4 nitrogen and oxygen atoms in total. The average Bonchev–Trinajstić information content (AvgIpc) is 2.62. The van der Waals surface area contributed by atoms with E-state index in [1.807, 2.05) is 56.4 Å². The van der Waals surface area contributed by atoms with Crippen LogP contribution in [0.5, 0.6) is 0 Å². The lowest BCUT2D eigenvalue weighted by molar-refractivity contribution is -0.143. The second-order valence-corrected chi connectivity index (χ2v) is 6.85. The molecule has 2 heterocycles. The van der Waals surface area contributed by atoms with Crippen molar-refractivity contribution < 1.29 is 9.53 Å². The highest BCUT2D eigenvalue weighted by atomic mass is 79.9. The van der Waals surface area contributed by atoms with Gasteiger partial charge in [-0.1, -0.05) is 40.2 Å². The zero-order chi connectivity index (χ0) is 18.0. The fourth-order valence-electron chi connectivity index (χ4n) is 3.43. The fourth-order valence-corrected chi connectivity index (χ4v) is 3.97. The average molecular weight is 399 g/mol. The number of nitrogens with zero attached hydrogens (tertiary/aromatic N) is 2. The quantitative estimate of drug-likeness (QED) is 0.708. The summed E-state index contributed by atoms with van der Waals surface area (Å²) in [5.74, 6) is -0.941. The molecular formula is C20H19BrN2O2. The SMILES string of the molecule is COC(=O)C1C(C)=NC(C)=C(c2cccnc2)C1c1ccccc1Br. The Morgan fingerprint density at radius 1 is 1.16 bits per heavy atom. The molecule has 0 amide bonds. The first kappa shape index (κ1) is 17.5. The minimum absolute atomic E-state index is 0.190. The van der Waals surface area contributed by atoms with E-state index in [1.54, 1.807) is 6.20 Å². The molecule has 0 radical (unpaired) electrons. The van der Waals surface area contributed by atoms with E-state index in [1.165, 1.54) is 7.11 Å². The van der Waals surface area contributed by atoms with E-state index >= 15 is 0 Å². The topological polar surface area (TPSA) is 51.5 Å². The maximum absolute atomic E-state index is 12.6. The maximum atomic E-state index is 12.6. The Labute approximate surface area is 155 Å². The second kappa shape index (κ2) is 7.31. The second-order valence-electron chi connectivity index (χ2n) is 5.99. The van der Waals surface area contributed by atoms with Gasteiger partial charge in [0.05, 0.1) is 7.11 Å². The number of ether oxygens (including phenoxy) is 1. The van der Waals surface area contributed by atoms with Gasteiger partial charge in [-0.25, -0.2) is 0 Å². The zero-order valence-corrected chi connectivity index (χ0v) is 15.9. The summed E-state index contributed by atoms with van der Waals surface area (Å²) < 4.78 is 6.05. The molecule has 0 spiro atoms. The van der Waals surface area contributed by atoms with E-state index in [0.29, 0.717) is 0 Å². The number of benzene rings is 1. The van der Waals surface area contributed by atoms with Crippen molar-refractivity contribution in [1.82, 2.24) is 4.98 Å². The number of hydrogen-bond donors (Lipinski definition) is 0. The molecule has 128 valence electrons. The smallest absolute Gasteiger partial charge is 0.315 e. The van der Waals surface area contributed by atoms with Crippen LogP contribution < -0.4 is 0 Å². The van der Waals surface area contributed by atoms with Crippen molar-refractivity contribution in [2.75, 3.05) is 7.11 Å². The number of aromatic nitrogens is 1.